The van der Waals surface area contributed by atoms with Gasteiger partial charge >= 0.3 is 11.8 Å². The van der Waals surface area contributed by atoms with Crippen molar-refractivity contribution in [1.29, 1.82) is 0 Å². The number of rotatable bonds is 4. The van der Waals surface area contributed by atoms with Crippen LogP contribution in [0.4, 0.5) is 0 Å². The molecule has 0 fully saturated rings. The molecule has 2 amide bonds. The number of nitrogens with zero attached hydrogens (tertiary/aromatic N) is 1. The van der Waals surface area contributed by atoms with E-state index < -0.39 is 11.8 Å². The second kappa shape index (κ2) is 6.80. The van der Waals surface area contributed by atoms with Crippen LogP contribution in [0.1, 0.15) is 23.1 Å². The first-order chi connectivity index (χ1) is 8.13. The van der Waals surface area contributed by atoms with Gasteiger partial charge in [-0.2, -0.15) is 5.10 Å². The van der Waals surface area contributed by atoms with Crippen LogP contribution >= 0.6 is 11.3 Å². The standard InChI is InChI=1S/C11H15N3O2S/c1-3-6-12-10(15)11(16)14-13-7-9-5-4-8(2)17-9/h4-5,7H,3,6H2,1-2H3,(H,12,15)(H,14,16)/b13-7+. The molecule has 1 rings (SSSR count). The number of amides is 2. The zero-order chi connectivity index (χ0) is 12.7. The number of carbonyl (C=O) groups excluding carboxylic acids is 2. The van der Waals surface area contributed by atoms with Crippen LogP contribution in [-0.2, 0) is 9.59 Å². The first-order valence-corrected chi connectivity index (χ1v) is 6.12. The Morgan fingerprint density at radius 1 is 1.41 bits per heavy atom. The Hall–Kier alpha value is -1.69. The molecule has 0 aliphatic rings. The van der Waals surface area contributed by atoms with Crippen LogP contribution in [0.15, 0.2) is 17.2 Å². The van der Waals surface area contributed by atoms with Crippen LogP contribution < -0.4 is 10.7 Å². The highest BCUT2D eigenvalue weighted by atomic mass is 32.1. The van der Waals surface area contributed by atoms with Gasteiger partial charge in [-0.05, 0) is 25.5 Å². The molecule has 0 aliphatic heterocycles. The maximum Gasteiger partial charge on any atom is 0.329 e. The van der Waals surface area contributed by atoms with Gasteiger partial charge in [0.1, 0.15) is 0 Å². The fourth-order valence-corrected chi connectivity index (χ4v) is 1.80. The highest BCUT2D eigenvalue weighted by molar-refractivity contribution is 7.13. The van der Waals surface area contributed by atoms with Crippen molar-refractivity contribution in [2.75, 3.05) is 6.54 Å². The summed E-state index contributed by atoms with van der Waals surface area (Å²) in [5, 5.41) is 6.17. The van der Waals surface area contributed by atoms with Gasteiger partial charge in [0.25, 0.3) is 0 Å². The minimum atomic E-state index is -0.747. The van der Waals surface area contributed by atoms with Gasteiger partial charge in [-0.1, -0.05) is 6.92 Å². The molecule has 0 spiro atoms. The van der Waals surface area contributed by atoms with Crippen LogP contribution in [-0.4, -0.2) is 24.6 Å². The van der Waals surface area contributed by atoms with Gasteiger partial charge in [0.15, 0.2) is 0 Å². The number of aryl methyl sites for hydroxylation is 1. The molecular formula is C11H15N3O2S. The molecule has 17 heavy (non-hydrogen) atoms. The summed E-state index contributed by atoms with van der Waals surface area (Å²) >= 11 is 1.56. The predicted molar refractivity (Wildman–Crippen MR) is 68.1 cm³/mol. The first kappa shape index (κ1) is 13.4. The van der Waals surface area contributed by atoms with Crippen LogP contribution in [0.25, 0.3) is 0 Å². The second-order valence-corrected chi connectivity index (χ2v) is 4.72. The van der Waals surface area contributed by atoms with E-state index in [2.05, 4.69) is 15.8 Å². The average Bonchev–Trinajstić information content (AvgIpc) is 2.71. The largest absolute Gasteiger partial charge is 0.348 e. The maximum absolute atomic E-state index is 11.2. The second-order valence-electron chi connectivity index (χ2n) is 3.40. The predicted octanol–water partition coefficient (Wildman–Crippen LogP) is 1.03. The van der Waals surface area contributed by atoms with Gasteiger partial charge < -0.3 is 5.32 Å². The minimum absolute atomic E-state index is 0.486. The number of thiophene rings is 1. The molecule has 2 N–H and O–H groups in total. The van der Waals surface area contributed by atoms with Crippen molar-refractivity contribution in [1.82, 2.24) is 10.7 Å². The molecule has 0 aliphatic carbocycles. The van der Waals surface area contributed by atoms with E-state index in [0.29, 0.717) is 6.54 Å². The molecular weight excluding hydrogens is 238 g/mol. The number of hydrogen-bond donors (Lipinski definition) is 2. The third-order valence-electron chi connectivity index (χ3n) is 1.86. The number of nitrogens with one attached hydrogen (secondary N) is 2. The Bertz CT molecular complexity index is 426. The monoisotopic (exact) mass is 253 g/mol. The lowest BCUT2D eigenvalue weighted by Crippen LogP contribution is -2.38. The van der Waals surface area contributed by atoms with Crippen molar-refractivity contribution in [3.8, 4) is 0 Å². The SMILES string of the molecule is CCCNC(=O)C(=O)N/N=C/c1ccc(C)s1. The molecule has 92 valence electrons. The Morgan fingerprint density at radius 2 is 2.18 bits per heavy atom. The van der Waals surface area contributed by atoms with E-state index in [1.165, 1.54) is 11.1 Å². The molecule has 0 atom stereocenters. The molecule has 0 radical (unpaired) electrons. The molecule has 1 aromatic rings. The van der Waals surface area contributed by atoms with Crippen molar-refractivity contribution >= 4 is 29.4 Å². The number of hydrogen-bond acceptors (Lipinski definition) is 4. The lowest BCUT2D eigenvalue weighted by atomic mass is 10.4. The quantitative estimate of drug-likeness (QED) is 0.478. The Balaban J connectivity index is 2.37. The molecule has 5 nitrogen and oxygen atoms in total. The van der Waals surface area contributed by atoms with Crippen LogP contribution in [0.3, 0.4) is 0 Å². The summed E-state index contributed by atoms with van der Waals surface area (Å²) in [5.74, 6) is -1.41. The summed E-state index contributed by atoms with van der Waals surface area (Å²) in [6, 6.07) is 3.86. The van der Waals surface area contributed by atoms with E-state index in [9.17, 15) is 9.59 Å². The van der Waals surface area contributed by atoms with E-state index >= 15 is 0 Å². The van der Waals surface area contributed by atoms with Crippen molar-refractivity contribution in [3.63, 3.8) is 0 Å². The van der Waals surface area contributed by atoms with Crippen molar-refractivity contribution < 1.29 is 9.59 Å². The lowest BCUT2D eigenvalue weighted by Gasteiger charge is -2.00. The van der Waals surface area contributed by atoms with Crippen molar-refractivity contribution in [2.45, 2.75) is 20.3 Å². The topological polar surface area (TPSA) is 70.6 Å². The zero-order valence-corrected chi connectivity index (χ0v) is 10.6. The molecule has 6 heteroatoms. The highest BCUT2D eigenvalue weighted by Crippen LogP contribution is 2.12. The minimum Gasteiger partial charge on any atom is -0.348 e. The number of hydrazone groups is 1. The molecule has 1 heterocycles. The highest BCUT2D eigenvalue weighted by Gasteiger charge is 2.10. The van der Waals surface area contributed by atoms with Gasteiger partial charge in [0.05, 0.1) is 6.21 Å². The smallest absolute Gasteiger partial charge is 0.329 e. The van der Waals surface area contributed by atoms with Crippen LogP contribution in [0.5, 0.6) is 0 Å². The Labute approximate surface area is 104 Å². The van der Waals surface area contributed by atoms with E-state index in [4.69, 9.17) is 0 Å². The summed E-state index contributed by atoms with van der Waals surface area (Å²) in [4.78, 5) is 24.5. The van der Waals surface area contributed by atoms with Gasteiger partial charge in [0, 0.05) is 16.3 Å². The fraction of sp³-hybridized carbons (Fsp3) is 0.364. The van der Waals surface area contributed by atoms with Crippen LogP contribution in [0, 0.1) is 6.92 Å². The van der Waals surface area contributed by atoms with Crippen LogP contribution in [0.2, 0.25) is 0 Å². The lowest BCUT2D eigenvalue weighted by molar-refractivity contribution is -0.139. The zero-order valence-electron chi connectivity index (χ0n) is 9.82. The fourth-order valence-electron chi connectivity index (χ4n) is 1.05. The van der Waals surface area contributed by atoms with Gasteiger partial charge in [-0.25, -0.2) is 5.43 Å². The molecule has 0 unspecified atom stereocenters. The van der Waals surface area contributed by atoms with Gasteiger partial charge in [0.2, 0.25) is 0 Å². The summed E-state index contributed by atoms with van der Waals surface area (Å²) in [5.41, 5.74) is 2.17. The van der Waals surface area contributed by atoms with Crippen molar-refractivity contribution in [3.05, 3.63) is 21.9 Å². The normalized spacial score (nSPS) is 10.5. The van der Waals surface area contributed by atoms with Gasteiger partial charge in [-0.15, -0.1) is 11.3 Å². The number of carbonyl (C=O) groups is 2. The summed E-state index contributed by atoms with van der Waals surface area (Å²) in [6.07, 6.45) is 2.30. The van der Waals surface area contributed by atoms with Crippen molar-refractivity contribution in [2.24, 2.45) is 5.10 Å². The molecule has 0 aromatic carbocycles. The van der Waals surface area contributed by atoms with Gasteiger partial charge in [-0.3, -0.25) is 9.59 Å². The third-order valence-corrected chi connectivity index (χ3v) is 2.80. The Kier molecular flexibility index (Phi) is 5.35. The first-order valence-electron chi connectivity index (χ1n) is 5.31. The summed E-state index contributed by atoms with van der Waals surface area (Å²) in [7, 11) is 0. The molecule has 1 aromatic heterocycles. The molecule has 0 saturated carbocycles. The summed E-state index contributed by atoms with van der Waals surface area (Å²) < 4.78 is 0. The third kappa shape index (κ3) is 4.78. The molecule has 0 saturated heterocycles. The Morgan fingerprint density at radius 3 is 2.76 bits per heavy atom. The summed E-state index contributed by atoms with van der Waals surface area (Å²) in [6.45, 7) is 4.38. The van der Waals surface area contributed by atoms with E-state index in [-0.39, 0.29) is 0 Å². The molecule has 0 bridgehead atoms. The van der Waals surface area contributed by atoms with E-state index in [1.54, 1.807) is 11.3 Å². The average molecular weight is 253 g/mol. The maximum atomic E-state index is 11.2. The van der Waals surface area contributed by atoms with E-state index in [0.717, 1.165) is 11.3 Å². The van der Waals surface area contributed by atoms with E-state index in [1.807, 2.05) is 26.0 Å².